The number of carbonyl (C=O) groups excluding carboxylic acids is 2. The van der Waals surface area contributed by atoms with Gasteiger partial charge in [-0.1, -0.05) is 12.1 Å². The Balaban J connectivity index is 1.54. The van der Waals surface area contributed by atoms with E-state index in [-0.39, 0.29) is 36.3 Å². The molecule has 34 heavy (non-hydrogen) atoms. The van der Waals surface area contributed by atoms with Gasteiger partial charge in [-0.3, -0.25) is 14.4 Å². The van der Waals surface area contributed by atoms with Gasteiger partial charge in [0.1, 0.15) is 0 Å². The molecule has 2 aliphatic heterocycles. The Labute approximate surface area is 195 Å². The van der Waals surface area contributed by atoms with E-state index >= 15 is 0 Å². The summed E-state index contributed by atoms with van der Waals surface area (Å²) in [6.45, 7) is 3.58. The van der Waals surface area contributed by atoms with Crippen molar-refractivity contribution in [1.29, 1.82) is 0 Å². The SMILES string of the molecule is Cc1cc(=O)c(C(=O)N2CCC(C(=O)N3CCCCC3)CC2)nn1-c1ccccc1C(F)(F)F. The number of aromatic nitrogens is 2. The van der Waals surface area contributed by atoms with Gasteiger partial charge in [0.15, 0.2) is 5.69 Å². The molecule has 3 heterocycles. The Kier molecular flexibility index (Phi) is 6.77. The number of hydrogen-bond acceptors (Lipinski definition) is 4. The molecule has 0 unspecified atom stereocenters. The van der Waals surface area contributed by atoms with Crippen molar-refractivity contribution in [2.75, 3.05) is 26.2 Å². The van der Waals surface area contributed by atoms with Crippen molar-refractivity contribution >= 4 is 11.8 Å². The van der Waals surface area contributed by atoms with Gasteiger partial charge in [0.05, 0.1) is 11.3 Å². The molecule has 0 saturated carbocycles. The zero-order chi connectivity index (χ0) is 24.5. The molecule has 2 saturated heterocycles. The molecule has 1 aromatic heterocycles. The summed E-state index contributed by atoms with van der Waals surface area (Å²) in [6.07, 6.45) is -0.514. The lowest BCUT2D eigenvalue weighted by Crippen LogP contribution is -2.46. The highest BCUT2D eigenvalue weighted by Crippen LogP contribution is 2.33. The number of likely N-dealkylation sites (tertiary alicyclic amines) is 2. The summed E-state index contributed by atoms with van der Waals surface area (Å²) >= 11 is 0. The zero-order valence-electron chi connectivity index (χ0n) is 19.0. The van der Waals surface area contributed by atoms with Crippen LogP contribution in [0.3, 0.4) is 0 Å². The Morgan fingerprint density at radius 1 is 0.971 bits per heavy atom. The maximum absolute atomic E-state index is 13.5. The van der Waals surface area contributed by atoms with E-state index in [9.17, 15) is 27.6 Å². The number of carbonyl (C=O) groups is 2. The van der Waals surface area contributed by atoms with E-state index in [0.29, 0.717) is 12.8 Å². The normalized spacial score (nSPS) is 17.6. The highest BCUT2D eigenvalue weighted by Gasteiger charge is 2.35. The van der Waals surface area contributed by atoms with Crippen molar-refractivity contribution < 1.29 is 22.8 Å². The molecule has 4 rings (SSSR count). The molecular formula is C24H27F3N4O3. The van der Waals surface area contributed by atoms with E-state index in [0.717, 1.165) is 49.2 Å². The molecule has 0 spiro atoms. The third-order valence-electron chi connectivity index (χ3n) is 6.55. The molecule has 2 aromatic rings. The van der Waals surface area contributed by atoms with Crippen LogP contribution in [0.25, 0.3) is 5.69 Å². The van der Waals surface area contributed by atoms with Gasteiger partial charge in [-0.15, -0.1) is 0 Å². The van der Waals surface area contributed by atoms with Crippen LogP contribution in [0.2, 0.25) is 0 Å². The number of aryl methyl sites for hydroxylation is 1. The summed E-state index contributed by atoms with van der Waals surface area (Å²) in [4.78, 5) is 41.8. The van der Waals surface area contributed by atoms with Gasteiger partial charge in [-0.2, -0.15) is 18.3 Å². The fourth-order valence-corrected chi connectivity index (χ4v) is 4.69. The number of benzene rings is 1. The molecule has 0 N–H and O–H groups in total. The molecule has 182 valence electrons. The first kappa shape index (κ1) is 24.0. The van der Waals surface area contributed by atoms with Crippen molar-refractivity contribution in [3.63, 3.8) is 0 Å². The average Bonchev–Trinajstić information content (AvgIpc) is 2.83. The van der Waals surface area contributed by atoms with Gasteiger partial charge < -0.3 is 9.80 Å². The summed E-state index contributed by atoms with van der Waals surface area (Å²) in [5.74, 6) is -0.679. The lowest BCUT2D eigenvalue weighted by Gasteiger charge is -2.35. The number of alkyl halides is 3. The third kappa shape index (κ3) is 4.85. The summed E-state index contributed by atoms with van der Waals surface area (Å²) in [5.41, 5.74) is -2.06. The standard InChI is InChI=1S/C24H27F3N4O3/c1-16-15-20(32)21(28-31(16)19-8-4-3-7-18(19)24(25,26)27)23(34)30-13-9-17(10-14-30)22(33)29-11-5-2-6-12-29/h3-4,7-8,15,17H,2,5-6,9-14H2,1H3. The van der Waals surface area contributed by atoms with Crippen LogP contribution in [0.5, 0.6) is 0 Å². The number of piperidine rings is 2. The molecule has 0 bridgehead atoms. The van der Waals surface area contributed by atoms with Crippen LogP contribution in [0.4, 0.5) is 13.2 Å². The minimum absolute atomic E-state index is 0.117. The number of amides is 2. The van der Waals surface area contributed by atoms with Gasteiger partial charge >= 0.3 is 6.18 Å². The first-order valence-electron chi connectivity index (χ1n) is 11.5. The third-order valence-corrected chi connectivity index (χ3v) is 6.55. The van der Waals surface area contributed by atoms with Gasteiger partial charge in [0.2, 0.25) is 11.3 Å². The molecule has 2 amide bonds. The molecule has 1 aromatic carbocycles. The lowest BCUT2D eigenvalue weighted by atomic mass is 9.94. The molecule has 0 atom stereocenters. The number of nitrogens with zero attached hydrogens (tertiary/aromatic N) is 4. The summed E-state index contributed by atoms with van der Waals surface area (Å²) in [5, 5.41) is 4.06. The van der Waals surface area contributed by atoms with Crippen molar-refractivity contribution in [3.8, 4) is 5.69 Å². The second-order valence-corrected chi connectivity index (χ2v) is 8.88. The van der Waals surface area contributed by atoms with E-state index in [1.165, 1.54) is 30.0 Å². The van der Waals surface area contributed by atoms with Crippen LogP contribution in [0.15, 0.2) is 35.1 Å². The smallest absolute Gasteiger partial charge is 0.342 e. The Hall–Kier alpha value is -3.17. The van der Waals surface area contributed by atoms with E-state index in [4.69, 9.17) is 0 Å². The second kappa shape index (κ2) is 9.60. The van der Waals surface area contributed by atoms with Crippen LogP contribution in [-0.4, -0.2) is 57.6 Å². The average molecular weight is 476 g/mol. The number of para-hydroxylation sites is 1. The van der Waals surface area contributed by atoms with E-state index in [1.54, 1.807) is 0 Å². The van der Waals surface area contributed by atoms with E-state index in [1.807, 2.05) is 4.90 Å². The largest absolute Gasteiger partial charge is 0.418 e. The minimum Gasteiger partial charge on any atom is -0.342 e. The van der Waals surface area contributed by atoms with Crippen LogP contribution in [0, 0.1) is 12.8 Å². The minimum atomic E-state index is -4.62. The maximum atomic E-state index is 13.5. The van der Waals surface area contributed by atoms with Crippen molar-refractivity contribution in [2.24, 2.45) is 5.92 Å². The molecule has 0 radical (unpaired) electrons. The molecule has 10 heteroatoms. The Morgan fingerprint density at radius 2 is 1.62 bits per heavy atom. The van der Waals surface area contributed by atoms with Crippen LogP contribution in [0.1, 0.15) is 53.8 Å². The summed E-state index contributed by atoms with van der Waals surface area (Å²) < 4.78 is 41.6. The molecular weight excluding hydrogens is 449 g/mol. The number of halogens is 3. The zero-order valence-corrected chi connectivity index (χ0v) is 19.0. The van der Waals surface area contributed by atoms with Crippen LogP contribution >= 0.6 is 0 Å². The van der Waals surface area contributed by atoms with Crippen molar-refractivity contribution in [3.05, 3.63) is 57.5 Å². The predicted octanol–water partition coefficient (Wildman–Crippen LogP) is 3.42. The second-order valence-electron chi connectivity index (χ2n) is 8.88. The van der Waals surface area contributed by atoms with Gasteiger partial charge in [0, 0.05) is 43.9 Å². The predicted molar refractivity (Wildman–Crippen MR) is 119 cm³/mol. The molecule has 2 aliphatic rings. The van der Waals surface area contributed by atoms with Gasteiger partial charge in [-0.25, -0.2) is 4.68 Å². The fraction of sp³-hybridized carbons (Fsp3) is 0.500. The highest BCUT2D eigenvalue weighted by atomic mass is 19.4. The first-order chi connectivity index (χ1) is 16.2. The first-order valence-corrected chi connectivity index (χ1v) is 11.5. The Morgan fingerprint density at radius 3 is 2.26 bits per heavy atom. The van der Waals surface area contributed by atoms with Crippen LogP contribution < -0.4 is 5.43 Å². The lowest BCUT2D eigenvalue weighted by molar-refractivity contribution is -0.138. The molecule has 2 fully saturated rings. The maximum Gasteiger partial charge on any atom is 0.418 e. The van der Waals surface area contributed by atoms with Crippen LogP contribution in [-0.2, 0) is 11.0 Å². The van der Waals surface area contributed by atoms with E-state index < -0.39 is 28.8 Å². The summed E-state index contributed by atoms with van der Waals surface area (Å²) in [6, 6.07) is 6.01. The molecule has 0 aliphatic carbocycles. The number of hydrogen-bond donors (Lipinski definition) is 0. The molecule has 7 nitrogen and oxygen atoms in total. The Bertz CT molecular complexity index is 1130. The topological polar surface area (TPSA) is 75.5 Å². The van der Waals surface area contributed by atoms with E-state index in [2.05, 4.69) is 5.10 Å². The van der Waals surface area contributed by atoms with Gasteiger partial charge in [0.25, 0.3) is 5.91 Å². The van der Waals surface area contributed by atoms with Crippen molar-refractivity contribution in [1.82, 2.24) is 19.6 Å². The van der Waals surface area contributed by atoms with Gasteiger partial charge in [-0.05, 0) is 51.2 Å². The number of rotatable bonds is 3. The fourth-order valence-electron chi connectivity index (χ4n) is 4.69. The quantitative estimate of drug-likeness (QED) is 0.681. The van der Waals surface area contributed by atoms with Crippen molar-refractivity contribution in [2.45, 2.75) is 45.2 Å². The summed E-state index contributed by atoms with van der Waals surface area (Å²) in [7, 11) is 0. The monoisotopic (exact) mass is 476 g/mol. The highest BCUT2D eigenvalue weighted by molar-refractivity contribution is 5.92.